The van der Waals surface area contributed by atoms with Crippen LogP contribution in [0.3, 0.4) is 0 Å². The minimum absolute atomic E-state index is 0.0661. The second-order valence-electron chi connectivity index (χ2n) is 7.63. The van der Waals surface area contributed by atoms with Crippen molar-refractivity contribution in [2.45, 2.75) is 39.5 Å². The van der Waals surface area contributed by atoms with Crippen LogP contribution in [0.15, 0.2) is 24.4 Å². The Morgan fingerprint density at radius 2 is 1.69 bits per heavy atom. The first-order chi connectivity index (χ1) is 12.4. The van der Waals surface area contributed by atoms with Gasteiger partial charge in [0.2, 0.25) is 0 Å². The lowest BCUT2D eigenvalue weighted by Crippen LogP contribution is -2.47. The Kier molecular flexibility index (Phi) is 5.08. The molecule has 2 aromatic rings. The van der Waals surface area contributed by atoms with Gasteiger partial charge in [-0.1, -0.05) is 27.7 Å². The summed E-state index contributed by atoms with van der Waals surface area (Å²) in [5.41, 5.74) is 1.67. The third-order valence-electron chi connectivity index (χ3n) is 4.60. The second kappa shape index (κ2) is 7.28. The van der Waals surface area contributed by atoms with Crippen molar-refractivity contribution in [3.8, 4) is 6.07 Å². The molecule has 0 aromatic carbocycles. The number of aryl methyl sites for hydroxylation is 1. The largest absolute Gasteiger partial charge is 0.353 e. The Morgan fingerprint density at radius 1 is 1.04 bits per heavy atom. The minimum Gasteiger partial charge on any atom is -0.353 e. The molecule has 0 radical (unpaired) electrons. The first-order valence-electron chi connectivity index (χ1n) is 9.15. The monoisotopic (exact) mass is 350 g/mol. The lowest BCUT2D eigenvalue weighted by atomic mass is 9.95. The molecule has 3 rings (SSSR count). The van der Waals surface area contributed by atoms with Crippen molar-refractivity contribution in [2.24, 2.45) is 0 Å². The Morgan fingerprint density at radius 3 is 2.27 bits per heavy atom. The summed E-state index contributed by atoms with van der Waals surface area (Å²) in [5.74, 6) is 2.79. The molecule has 1 aliphatic rings. The van der Waals surface area contributed by atoms with Crippen LogP contribution >= 0.6 is 0 Å². The van der Waals surface area contributed by atoms with E-state index in [2.05, 4.69) is 54.6 Å². The zero-order chi connectivity index (χ0) is 18.7. The van der Waals surface area contributed by atoms with E-state index in [-0.39, 0.29) is 5.41 Å². The van der Waals surface area contributed by atoms with Crippen LogP contribution in [0.2, 0.25) is 0 Å². The van der Waals surface area contributed by atoms with Gasteiger partial charge in [0.25, 0.3) is 0 Å². The number of hydrogen-bond acceptors (Lipinski definition) is 6. The second-order valence-corrected chi connectivity index (χ2v) is 7.63. The lowest BCUT2D eigenvalue weighted by Gasteiger charge is -2.36. The molecule has 26 heavy (non-hydrogen) atoms. The van der Waals surface area contributed by atoms with Crippen LogP contribution in [-0.2, 0) is 11.8 Å². The maximum absolute atomic E-state index is 9.07. The highest BCUT2D eigenvalue weighted by Crippen LogP contribution is 2.24. The fraction of sp³-hybridized carbons (Fsp3) is 0.500. The van der Waals surface area contributed by atoms with E-state index in [1.807, 2.05) is 6.07 Å². The molecule has 0 N–H and O–H groups in total. The molecule has 0 aliphatic carbocycles. The number of aromatic nitrogens is 3. The van der Waals surface area contributed by atoms with Crippen LogP contribution in [-0.4, -0.2) is 41.1 Å². The van der Waals surface area contributed by atoms with Gasteiger partial charge in [-0.15, -0.1) is 0 Å². The highest BCUT2D eigenvalue weighted by atomic mass is 15.3. The average Bonchev–Trinajstić information content (AvgIpc) is 2.67. The number of anilines is 2. The van der Waals surface area contributed by atoms with Crippen LogP contribution in [0, 0.1) is 11.3 Å². The molecule has 0 spiro atoms. The molecule has 0 unspecified atom stereocenters. The molecule has 0 bridgehead atoms. The normalized spacial score (nSPS) is 15.0. The summed E-state index contributed by atoms with van der Waals surface area (Å²) >= 11 is 0. The maximum atomic E-state index is 9.07. The van der Waals surface area contributed by atoms with Gasteiger partial charge in [0.1, 0.15) is 17.5 Å². The molecular formula is C20H26N6. The zero-order valence-corrected chi connectivity index (χ0v) is 16.0. The zero-order valence-electron chi connectivity index (χ0n) is 16.0. The van der Waals surface area contributed by atoms with Crippen molar-refractivity contribution in [1.82, 2.24) is 15.0 Å². The molecule has 6 heteroatoms. The summed E-state index contributed by atoms with van der Waals surface area (Å²) in [6, 6.07) is 7.88. The van der Waals surface area contributed by atoms with Crippen molar-refractivity contribution in [3.63, 3.8) is 0 Å². The summed E-state index contributed by atoms with van der Waals surface area (Å²) in [5, 5.41) is 9.07. The van der Waals surface area contributed by atoms with E-state index < -0.39 is 0 Å². The summed E-state index contributed by atoms with van der Waals surface area (Å²) in [7, 11) is 0. The molecule has 1 aliphatic heterocycles. The van der Waals surface area contributed by atoms with E-state index in [9.17, 15) is 0 Å². The molecule has 136 valence electrons. The highest BCUT2D eigenvalue weighted by molar-refractivity contribution is 5.48. The molecule has 1 fully saturated rings. The van der Waals surface area contributed by atoms with Gasteiger partial charge in [0, 0.05) is 49.6 Å². The first-order valence-corrected chi connectivity index (χ1v) is 9.15. The van der Waals surface area contributed by atoms with E-state index in [0.717, 1.165) is 55.8 Å². The molecule has 6 nitrogen and oxygen atoms in total. The third kappa shape index (κ3) is 3.93. The molecule has 0 saturated carbocycles. The Hall–Kier alpha value is -2.68. The number of rotatable bonds is 3. The predicted molar refractivity (Wildman–Crippen MR) is 103 cm³/mol. The van der Waals surface area contributed by atoms with Gasteiger partial charge in [0.05, 0.1) is 11.6 Å². The van der Waals surface area contributed by atoms with E-state index >= 15 is 0 Å². The number of pyridine rings is 1. The smallest absolute Gasteiger partial charge is 0.136 e. The Bertz CT molecular complexity index is 810. The molecule has 0 amide bonds. The standard InChI is InChI=1S/C20H26N6/c1-5-16-13-18(24-19(23-16)20(2,3)4)26-10-8-25(9-11-26)17-12-15(14-21)6-7-22-17/h6-7,12-13H,5,8-11H2,1-4H3. The number of piperazine rings is 1. The summed E-state index contributed by atoms with van der Waals surface area (Å²) < 4.78 is 0. The number of nitriles is 1. The third-order valence-corrected chi connectivity index (χ3v) is 4.60. The van der Waals surface area contributed by atoms with Gasteiger partial charge < -0.3 is 9.80 Å². The van der Waals surface area contributed by atoms with Gasteiger partial charge in [-0.2, -0.15) is 5.26 Å². The van der Waals surface area contributed by atoms with E-state index in [4.69, 9.17) is 15.2 Å². The van der Waals surface area contributed by atoms with Crippen molar-refractivity contribution < 1.29 is 0 Å². The highest BCUT2D eigenvalue weighted by Gasteiger charge is 2.23. The molecule has 1 saturated heterocycles. The molecule has 0 atom stereocenters. The first kappa shape index (κ1) is 18.1. The topological polar surface area (TPSA) is 68.9 Å². The van der Waals surface area contributed by atoms with Crippen LogP contribution in [0.4, 0.5) is 11.6 Å². The summed E-state index contributed by atoms with van der Waals surface area (Å²) in [6.07, 6.45) is 2.61. The van der Waals surface area contributed by atoms with Crippen molar-refractivity contribution in [3.05, 3.63) is 41.5 Å². The Labute approximate surface area is 155 Å². The van der Waals surface area contributed by atoms with Gasteiger partial charge in [-0.25, -0.2) is 15.0 Å². The van der Waals surface area contributed by atoms with Crippen LogP contribution < -0.4 is 9.80 Å². The number of hydrogen-bond donors (Lipinski definition) is 0. The molecule has 3 heterocycles. The quantitative estimate of drug-likeness (QED) is 0.848. The fourth-order valence-corrected chi connectivity index (χ4v) is 2.99. The van der Waals surface area contributed by atoms with Crippen molar-refractivity contribution in [1.29, 1.82) is 5.26 Å². The van der Waals surface area contributed by atoms with E-state index in [1.54, 1.807) is 12.3 Å². The molecular weight excluding hydrogens is 324 g/mol. The average molecular weight is 350 g/mol. The van der Waals surface area contributed by atoms with Crippen molar-refractivity contribution in [2.75, 3.05) is 36.0 Å². The van der Waals surface area contributed by atoms with E-state index in [0.29, 0.717) is 5.56 Å². The van der Waals surface area contributed by atoms with Gasteiger partial charge in [-0.3, -0.25) is 0 Å². The van der Waals surface area contributed by atoms with E-state index in [1.165, 1.54) is 0 Å². The predicted octanol–water partition coefficient (Wildman–Crippen LogP) is 2.93. The molecule has 2 aromatic heterocycles. The SMILES string of the molecule is CCc1cc(N2CCN(c3cc(C#N)ccn3)CC2)nc(C(C)(C)C)n1. The summed E-state index contributed by atoms with van der Waals surface area (Å²) in [4.78, 5) is 18.5. The lowest BCUT2D eigenvalue weighted by molar-refractivity contribution is 0.538. The van der Waals surface area contributed by atoms with Crippen LogP contribution in [0.1, 0.15) is 44.8 Å². The van der Waals surface area contributed by atoms with Gasteiger partial charge in [0.15, 0.2) is 0 Å². The maximum Gasteiger partial charge on any atom is 0.136 e. The van der Waals surface area contributed by atoms with Crippen LogP contribution in [0.25, 0.3) is 0 Å². The van der Waals surface area contributed by atoms with Crippen LogP contribution in [0.5, 0.6) is 0 Å². The van der Waals surface area contributed by atoms with Gasteiger partial charge >= 0.3 is 0 Å². The summed E-state index contributed by atoms with van der Waals surface area (Å²) in [6.45, 7) is 12.1. The minimum atomic E-state index is -0.0661. The number of nitrogens with zero attached hydrogens (tertiary/aromatic N) is 6. The van der Waals surface area contributed by atoms with Gasteiger partial charge in [-0.05, 0) is 18.6 Å². The van der Waals surface area contributed by atoms with Crippen molar-refractivity contribution >= 4 is 11.6 Å². The Balaban J connectivity index is 1.76. The fourth-order valence-electron chi connectivity index (χ4n) is 2.99.